The highest BCUT2D eigenvalue weighted by molar-refractivity contribution is 5.78. The van der Waals surface area contributed by atoms with Crippen LogP contribution in [0, 0.1) is 0 Å². The first-order valence-electron chi connectivity index (χ1n) is 6.47. The molecule has 18 heavy (non-hydrogen) atoms. The lowest BCUT2D eigenvalue weighted by Gasteiger charge is -2.23. The second kappa shape index (κ2) is 3.96. The summed E-state index contributed by atoms with van der Waals surface area (Å²) in [6.07, 6.45) is 0.765. The Morgan fingerprint density at radius 3 is 1.78 bits per heavy atom. The number of fused-ring (bicyclic) bond motifs is 3. The summed E-state index contributed by atoms with van der Waals surface area (Å²) in [6.45, 7) is 3.77. The number of hydrogen-bond acceptors (Lipinski definition) is 1. The van der Waals surface area contributed by atoms with Crippen LogP contribution < -0.4 is 0 Å². The van der Waals surface area contributed by atoms with Crippen LogP contribution >= 0.6 is 0 Å². The van der Waals surface area contributed by atoms with E-state index in [0.29, 0.717) is 5.92 Å². The molecule has 0 spiro atoms. The zero-order chi connectivity index (χ0) is 12.8. The van der Waals surface area contributed by atoms with Gasteiger partial charge in [-0.15, -0.1) is 0 Å². The second-order valence-corrected chi connectivity index (χ2v) is 5.74. The monoisotopic (exact) mass is 238 g/mol. The average Bonchev–Trinajstić information content (AvgIpc) is 2.64. The molecule has 1 N–H and O–H groups in total. The largest absolute Gasteiger partial charge is 0.390 e. The molecule has 1 aliphatic rings. The average molecular weight is 238 g/mol. The molecule has 0 radical (unpaired) electrons. The number of hydrogen-bond donors (Lipinski definition) is 1. The van der Waals surface area contributed by atoms with Crippen LogP contribution in [0.1, 0.15) is 37.3 Å². The van der Waals surface area contributed by atoms with Gasteiger partial charge in [-0.05, 0) is 42.5 Å². The van der Waals surface area contributed by atoms with Gasteiger partial charge in [-0.3, -0.25) is 0 Å². The molecule has 0 amide bonds. The third-order valence-electron chi connectivity index (χ3n) is 3.67. The van der Waals surface area contributed by atoms with Gasteiger partial charge < -0.3 is 5.11 Å². The van der Waals surface area contributed by atoms with Crippen LogP contribution in [0.25, 0.3) is 11.1 Å². The summed E-state index contributed by atoms with van der Waals surface area (Å²) < 4.78 is 0. The number of aliphatic hydroxyl groups is 1. The summed E-state index contributed by atoms with van der Waals surface area (Å²) in [5, 5.41) is 10.1. The lowest BCUT2D eigenvalue weighted by atomic mass is 9.86. The Morgan fingerprint density at radius 1 is 0.889 bits per heavy atom. The van der Waals surface area contributed by atoms with Crippen molar-refractivity contribution in [3.63, 3.8) is 0 Å². The number of benzene rings is 2. The van der Waals surface area contributed by atoms with Crippen LogP contribution in [0.4, 0.5) is 0 Å². The van der Waals surface area contributed by atoms with E-state index >= 15 is 0 Å². The third-order valence-corrected chi connectivity index (χ3v) is 3.67. The van der Waals surface area contributed by atoms with Crippen LogP contribution in [0.15, 0.2) is 48.5 Å². The molecule has 1 aliphatic carbocycles. The van der Waals surface area contributed by atoms with E-state index in [0.717, 1.165) is 6.42 Å². The summed E-state index contributed by atoms with van der Waals surface area (Å²) in [7, 11) is 0. The van der Waals surface area contributed by atoms with Crippen molar-refractivity contribution in [1.82, 2.24) is 0 Å². The lowest BCUT2D eigenvalue weighted by molar-refractivity contribution is 0.0670. The predicted molar refractivity (Wildman–Crippen MR) is 74.6 cm³/mol. The Kier molecular flexibility index (Phi) is 2.53. The van der Waals surface area contributed by atoms with E-state index in [-0.39, 0.29) is 0 Å². The highest BCUT2D eigenvalue weighted by atomic mass is 16.3. The molecule has 0 fully saturated rings. The zero-order valence-electron chi connectivity index (χ0n) is 10.9. The molecule has 2 aromatic carbocycles. The topological polar surface area (TPSA) is 20.2 Å². The molecule has 0 saturated heterocycles. The van der Waals surface area contributed by atoms with E-state index in [4.69, 9.17) is 0 Å². The molecule has 0 unspecified atom stereocenters. The fourth-order valence-electron chi connectivity index (χ4n) is 2.98. The summed E-state index contributed by atoms with van der Waals surface area (Å²) in [5.74, 6) is 0.317. The molecule has 0 bridgehead atoms. The minimum atomic E-state index is -0.644. The van der Waals surface area contributed by atoms with Crippen LogP contribution in [-0.2, 0) is 0 Å². The van der Waals surface area contributed by atoms with E-state index in [1.165, 1.54) is 22.3 Å². The lowest BCUT2D eigenvalue weighted by Crippen LogP contribution is -2.22. The van der Waals surface area contributed by atoms with Gasteiger partial charge in [0.05, 0.1) is 5.60 Å². The van der Waals surface area contributed by atoms with Gasteiger partial charge in [-0.1, -0.05) is 48.5 Å². The first kappa shape index (κ1) is 11.5. The fraction of sp³-hybridized carbons (Fsp3) is 0.294. The van der Waals surface area contributed by atoms with Gasteiger partial charge in [-0.2, -0.15) is 0 Å². The first-order chi connectivity index (χ1) is 8.56. The van der Waals surface area contributed by atoms with Crippen molar-refractivity contribution in [3.05, 3.63) is 59.7 Å². The SMILES string of the molecule is CC(C)(O)CC1c2ccccc2-c2ccccc21. The van der Waals surface area contributed by atoms with Crippen LogP contribution in [-0.4, -0.2) is 10.7 Å². The maximum absolute atomic E-state index is 10.1. The highest BCUT2D eigenvalue weighted by Gasteiger charge is 2.31. The van der Waals surface area contributed by atoms with E-state index in [2.05, 4.69) is 48.5 Å². The van der Waals surface area contributed by atoms with Crippen molar-refractivity contribution in [3.8, 4) is 11.1 Å². The Labute approximate surface area is 108 Å². The van der Waals surface area contributed by atoms with E-state index in [1.54, 1.807) is 0 Å². The van der Waals surface area contributed by atoms with Crippen molar-refractivity contribution in [2.45, 2.75) is 31.8 Å². The van der Waals surface area contributed by atoms with E-state index in [1.807, 2.05) is 13.8 Å². The Balaban J connectivity index is 2.15. The number of rotatable bonds is 2. The third kappa shape index (κ3) is 1.85. The van der Waals surface area contributed by atoms with Crippen molar-refractivity contribution < 1.29 is 5.11 Å². The van der Waals surface area contributed by atoms with Crippen LogP contribution in [0.3, 0.4) is 0 Å². The summed E-state index contributed by atoms with van der Waals surface area (Å²) in [5.41, 5.74) is 4.70. The molecule has 2 aromatic rings. The van der Waals surface area contributed by atoms with Gasteiger partial charge >= 0.3 is 0 Å². The molecule has 0 heterocycles. The molecule has 0 aromatic heterocycles. The fourth-order valence-corrected chi connectivity index (χ4v) is 2.98. The van der Waals surface area contributed by atoms with Gasteiger partial charge in [0.15, 0.2) is 0 Å². The van der Waals surface area contributed by atoms with Crippen molar-refractivity contribution >= 4 is 0 Å². The molecule has 0 saturated carbocycles. The standard InChI is InChI=1S/C17H18O/c1-17(2,18)11-16-14-9-5-3-7-12(14)13-8-4-6-10-15(13)16/h3-10,16,18H,11H2,1-2H3. The van der Waals surface area contributed by atoms with Gasteiger partial charge in [-0.25, -0.2) is 0 Å². The molecule has 1 heteroatoms. The quantitative estimate of drug-likeness (QED) is 0.839. The highest BCUT2D eigenvalue weighted by Crippen LogP contribution is 2.47. The van der Waals surface area contributed by atoms with Crippen molar-refractivity contribution in [2.75, 3.05) is 0 Å². The molecular weight excluding hydrogens is 220 g/mol. The molecule has 3 rings (SSSR count). The maximum atomic E-state index is 10.1. The van der Waals surface area contributed by atoms with Crippen LogP contribution in [0.2, 0.25) is 0 Å². The Hall–Kier alpha value is -1.60. The summed E-state index contributed by atoms with van der Waals surface area (Å²) >= 11 is 0. The summed E-state index contributed by atoms with van der Waals surface area (Å²) in [4.78, 5) is 0. The van der Waals surface area contributed by atoms with Gasteiger partial charge in [0.2, 0.25) is 0 Å². The maximum Gasteiger partial charge on any atom is 0.0600 e. The molecule has 1 nitrogen and oxygen atoms in total. The van der Waals surface area contributed by atoms with Gasteiger partial charge in [0.1, 0.15) is 0 Å². The normalized spacial score (nSPS) is 14.4. The minimum Gasteiger partial charge on any atom is -0.390 e. The predicted octanol–water partition coefficient (Wildman–Crippen LogP) is 3.96. The Morgan fingerprint density at radius 2 is 1.33 bits per heavy atom. The Bertz CT molecular complexity index is 533. The van der Waals surface area contributed by atoms with Crippen molar-refractivity contribution in [1.29, 1.82) is 0 Å². The molecular formula is C17H18O. The molecule has 0 atom stereocenters. The molecule has 92 valence electrons. The first-order valence-corrected chi connectivity index (χ1v) is 6.47. The van der Waals surface area contributed by atoms with Gasteiger partial charge in [0.25, 0.3) is 0 Å². The molecule has 0 aliphatic heterocycles. The van der Waals surface area contributed by atoms with Gasteiger partial charge in [0, 0.05) is 5.92 Å². The van der Waals surface area contributed by atoms with Crippen molar-refractivity contribution in [2.24, 2.45) is 0 Å². The van der Waals surface area contributed by atoms with E-state index < -0.39 is 5.60 Å². The van der Waals surface area contributed by atoms with Crippen LogP contribution in [0.5, 0.6) is 0 Å². The smallest absolute Gasteiger partial charge is 0.0600 e. The zero-order valence-corrected chi connectivity index (χ0v) is 10.9. The second-order valence-electron chi connectivity index (χ2n) is 5.74. The summed E-state index contributed by atoms with van der Waals surface area (Å²) in [6, 6.07) is 17.1. The van der Waals surface area contributed by atoms with E-state index in [9.17, 15) is 5.11 Å². The minimum absolute atomic E-state index is 0.317.